The van der Waals surface area contributed by atoms with Crippen molar-refractivity contribution in [2.75, 3.05) is 0 Å². The van der Waals surface area contributed by atoms with Crippen LogP contribution in [-0.4, -0.2) is 25.6 Å². The average molecular weight is 185 g/mol. The molecule has 0 fully saturated rings. The topological polar surface area (TPSA) is 70.2 Å². The third-order valence-corrected chi connectivity index (χ3v) is 2.16. The van der Waals surface area contributed by atoms with Gasteiger partial charge in [-0.25, -0.2) is 0 Å². The zero-order chi connectivity index (χ0) is 9.38. The molecule has 2 aromatic heterocycles. The summed E-state index contributed by atoms with van der Waals surface area (Å²) in [6, 6.07) is 5.87. The Kier molecular flexibility index (Phi) is 1.38. The van der Waals surface area contributed by atoms with Crippen LogP contribution in [0.2, 0.25) is 0 Å². The number of para-hydroxylation sites is 1. The van der Waals surface area contributed by atoms with Crippen LogP contribution in [0.25, 0.3) is 22.2 Å². The standard InChI is InChI=1S/C9H7N5/c1-2-7(6-4-10-11-5-6)9-8(3-1)12-14-13-9/h1-5H,(H,10,11)(H,12,13,14). The first-order chi connectivity index (χ1) is 6.95. The van der Waals surface area contributed by atoms with Crippen LogP contribution >= 0.6 is 0 Å². The molecule has 0 unspecified atom stereocenters. The number of aromatic amines is 2. The summed E-state index contributed by atoms with van der Waals surface area (Å²) < 4.78 is 0. The second-order valence-electron chi connectivity index (χ2n) is 2.98. The molecule has 5 nitrogen and oxygen atoms in total. The van der Waals surface area contributed by atoms with Crippen molar-refractivity contribution >= 4 is 11.0 Å². The lowest BCUT2D eigenvalue weighted by molar-refractivity contribution is 0.959. The van der Waals surface area contributed by atoms with Crippen LogP contribution in [0.5, 0.6) is 0 Å². The first-order valence-electron chi connectivity index (χ1n) is 4.24. The summed E-state index contributed by atoms with van der Waals surface area (Å²) in [6.07, 6.45) is 3.60. The highest BCUT2D eigenvalue weighted by atomic mass is 15.3. The molecule has 68 valence electrons. The van der Waals surface area contributed by atoms with Crippen LogP contribution in [-0.2, 0) is 0 Å². The number of rotatable bonds is 1. The molecule has 3 aromatic rings. The molecule has 0 radical (unpaired) electrons. The summed E-state index contributed by atoms with van der Waals surface area (Å²) in [7, 11) is 0. The smallest absolute Gasteiger partial charge is 0.120 e. The maximum Gasteiger partial charge on any atom is 0.120 e. The van der Waals surface area contributed by atoms with Gasteiger partial charge in [-0.2, -0.15) is 20.5 Å². The van der Waals surface area contributed by atoms with Crippen molar-refractivity contribution in [1.82, 2.24) is 25.6 Å². The van der Waals surface area contributed by atoms with E-state index in [1.807, 2.05) is 24.4 Å². The zero-order valence-electron chi connectivity index (χ0n) is 7.23. The van der Waals surface area contributed by atoms with Crippen molar-refractivity contribution in [3.63, 3.8) is 0 Å². The van der Waals surface area contributed by atoms with E-state index in [1.165, 1.54) is 0 Å². The normalized spacial score (nSPS) is 10.9. The first-order valence-corrected chi connectivity index (χ1v) is 4.24. The zero-order valence-corrected chi connectivity index (χ0v) is 7.23. The van der Waals surface area contributed by atoms with Gasteiger partial charge in [-0.05, 0) is 6.07 Å². The molecular formula is C9H7N5. The molecule has 14 heavy (non-hydrogen) atoms. The van der Waals surface area contributed by atoms with Gasteiger partial charge in [0.05, 0.1) is 6.20 Å². The number of H-pyrrole nitrogens is 2. The van der Waals surface area contributed by atoms with Crippen molar-refractivity contribution in [3.05, 3.63) is 30.6 Å². The van der Waals surface area contributed by atoms with Crippen LogP contribution in [0.15, 0.2) is 30.6 Å². The summed E-state index contributed by atoms with van der Waals surface area (Å²) in [4.78, 5) is 0. The monoisotopic (exact) mass is 185 g/mol. The Morgan fingerprint density at radius 2 is 2.14 bits per heavy atom. The van der Waals surface area contributed by atoms with Crippen LogP contribution in [0.4, 0.5) is 0 Å². The van der Waals surface area contributed by atoms with E-state index in [-0.39, 0.29) is 0 Å². The molecule has 0 amide bonds. The van der Waals surface area contributed by atoms with Gasteiger partial charge in [-0.1, -0.05) is 12.1 Å². The van der Waals surface area contributed by atoms with Crippen molar-refractivity contribution in [1.29, 1.82) is 0 Å². The van der Waals surface area contributed by atoms with E-state index in [0.29, 0.717) is 0 Å². The van der Waals surface area contributed by atoms with E-state index in [0.717, 1.165) is 22.2 Å². The minimum Gasteiger partial charge on any atom is -0.285 e. The van der Waals surface area contributed by atoms with Crippen LogP contribution in [0.1, 0.15) is 0 Å². The third kappa shape index (κ3) is 0.922. The quantitative estimate of drug-likeness (QED) is 0.601. The van der Waals surface area contributed by atoms with Crippen molar-refractivity contribution in [2.45, 2.75) is 0 Å². The molecule has 0 saturated heterocycles. The molecule has 0 aliphatic carbocycles. The SMILES string of the molecule is c1cc(-c2cn[nH]c2)c2n[nH]nc2c1. The second-order valence-corrected chi connectivity index (χ2v) is 2.98. The number of hydrogen-bond acceptors (Lipinski definition) is 3. The third-order valence-electron chi connectivity index (χ3n) is 2.16. The molecule has 2 heterocycles. The molecule has 1 aromatic carbocycles. The maximum atomic E-state index is 4.10. The molecule has 0 bridgehead atoms. The van der Waals surface area contributed by atoms with Crippen LogP contribution in [0, 0.1) is 0 Å². The van der Waals surface area contributed by atoms with Crippen molar-refractivity contribution in [3.8, 4) is 11.1 Å². The molecular weight excluding hydrogens is 178 g/mol. The van der Waals surface area contributed by atoms with E-state index in [9.17, 15) is 0 Å². The average Bonchev–Trinajstić information content (AvgIpc) is 2.88. The number of aromatic nitrogens is 5. The van der Waals surface area contributed by atoms with E-state index < -0.39 is 0 Å². The van der Waals surface area contributed by atoms with E-state index in [2.05, 4.69) is 25.6 Å². The van der Waals surface area contributed by atoms with Gasteiger partial charge in [-0.15, -0.1) is 0 Å². The van der Waals surface area contributed by atoms with Gasteiger partial charge in [0.25, 0.3) is 0 Å². The summed E-state index contributed by atoms with van der Waals surface area (Å²) in [5.41, 5.74) is 3.78. The largest absolute Gasteiger partial charge is 0.285 e. The molecule has 0 atom stereocenters. The van der Waals surface area contributed by atoms with Gasteiger partial charge < -0.3 is 0 Å². The van der Waals surface area contributed by atoms with Crippen molar-refractivity contribution in [2.24, 2.45) is 0 Å². The van der Waals surface area contributed by atoms with Crippen molar-refractivity contribution < 1.29 is 0 Å². The maximum absolute atomic E-state index is 4.10. The minimum absolute atomic E-state index is 0.865. The molecule has 0 aliphatic heterocycles. The molecule has 3 rings (SSSR count). The van der Waals surface area contributed by atoms with Gasteiger partial charge in [0.2, 0.25) is 0 Å². The molecule has 0 aliphatic rings. The van der Waals surface area contributed by atoms with Gasteiger partial charge in [-0.3, -0.25) is 5.10 Å². The van der Waals surface area contributed by atoms with Crippen LogP contribution in [0.3, 0.4) is 0 Å². The molecule has 0 saturated carbocycles. The Balaban J connectivity index is 2.36. The highest BCUT2D eigenvalue weighted by Crippen LogP contribution is 2.24. The number of fused-ring (bicyclic) bond motifs is 1. The predicted molar refractivity (Wildman–Crippen MR) is 51.5 cm³/mol. The van der Waals surface area contributed by atoms with E-state index in [4.69, 9.17) is 0 Å². The minimum atomic E-state index is 0.865. The summed E-state index contributed by atoms with van der Waals surface area (Å²) >= 11 is 0. The number of hydrogen-bond donors (Lipinski definition) is 2. The molecule has 5 heteroatoms. The number of benzene rings is 1. The second kappa shape index (κ2) is 2.66. The summed E-state index contributed by atoms with van der Waals surface area (Å²) in [5, 5.41) is 17.4. The predicted octanol–water partition coefficient (Wildman–Crippen LogP) is 1.35. The summed E-state index contributed by atoms with van der Waals surface area (Å²) in [6.45, 7) is 0. The first kappa shape index (κ1) is 7.25. The lowest BCUT2D eigenvalue weighted by atomic mass is 10.1. The fourth-order valence-electron chi connectivity index (χ4n) is 1.50. The molecule has 2 N–H and O–H groups in total. The Hall–Kier alpha value is -2.17. The van der Waals surface area contributed by atoms with Gasteiger partial charge in [0, 0.05) is 17.3 Å². The van der Waals surface area contributed by atoms with Gasteiger partial charge >= 0.3 is 0 Å². The van der Waals surface area contributed by atoms with Gasteiger partial charge in [0.15, 0.2) is 0 Å². The fraction of sp³-hybridized carbons (Fsp3) is 0. The fourth-order valence-corrected chi connectivity index (χ4v) is 1.50. The molecule has 0 spiro atoms. The Morgan fingerprint density at radius 1 is 1.14 bits per heavy atom. The highest BCUT2D eigenvalue weighted by molar-refractivity contribution is 5.90. The lowest BCUT2D eigenvalue weighted by Gasteiger charge is -1.95. The number of nitrogens with one attached hydrogen (secondary N) is 2. The lowest BCUT2D eigenvalue weighted by Crippen LogP contribution is -1.77. The van der Waals surface area contributed by atoms with Gasteiger partial charge in [0.1, 0.15) is 11.0 Å². The Bertz CT molecular complexity index is 551. The Morgan fingerprint density at radius 3 is 3.00 bits per heavy atom. The van der Waals surface area contributed by atoms with E-state index in [1.54, 1.807) is 6.20 Å². The number of nitrogens with zero attached hydrogens (tertiary/aromatic N) is 3. The van der Waals surface area contributed by atoms with E-state index >= 15 is 0 Å². The highest BCUT2D eigenvalue weighted by Gasteiger charge is 2.06. The summed E-state index contributed by atoms with van der Waals surface area (Å²) in [5.74, 6) is 0. The van der Waals surface area contributed by atoms with Crippen LogP contribution < -0.4 is 0 Å². The Labute approximate surface area is 79.2 Å².